The molecule has 0 bridgehead atoms. The monoisotopic (exact) mass is 416 g/mol. The summed E-state index contributed by atoms with van der Waals surface area (Å²) >= 11 is 5.94. The Morgan fingerprint density at radius 3 is 2.59 bits per heavy atom. The molecule has 0 spiro atoms. The molecule has 0 aliphatic carbocycles. The van der Waals surface area contributed by atoms with Gasteiger partial charge in [-0.25, -0.2) is 0 Å². The van der Waals surface area contributed by atoms with Gasteiger partial charge in [-0.1, -0.05) is 35.9 Å². The first-order valence-electron chi connectivity index (χ1n) is 9.75. The van der Waals surface area contributed by atoms with Crippen LogP contribution in [0.2, 0.25) is 5.02 Å². The lowest BCUT2D eigenvalue weighted by atomic mass is 10.2. The highest BCUT2D eigenvalue weighted by molar-refractivity contribution is 6.30. The van der Waals surface area contributed by atoms with E-state index < -0.39 is 4.92 Å². The molecular weight excluding hydrogens is 392 g/mol. The Kier molecular flexibility index (Phi) is 7.43. The maximum absolute atomic E-state index is 12.6. The quantitative estimate of drug-likeness (QED) is 0.548. The maximum atomic E-state index is 12.6. The number of nitro groups is 1. The zero-order valence-corrected chi connectivity index (χ0v) is 17.0. The molecule has 0 radical (unpaired) electrons. The zero-order valence-electron chi connectivity index (χ0n) is 16.2. The second kappa shape index (κ2) is 10.2. The molecule has 1 N–H and O–H groups in total. The van der Waals surface area contributed by atoms with E-state index in [9.17, 15) is 14.9 Å². The van der Waals surface area contributed by atoms with Crippen molar-refractivity contribution < 1.29 is 9.72 Å². The predicted octanol–water partition coefficient (Wildman–Crippen LogP) is 3.78. The molecule has 0 unspecified atom stereocenters. The Labute approximate surface area is 175 Å². The fourth-order valence-corrected chi connectivity index (χ4v) is 3.60. The van der Waals surface area contributed by atoms with Gasteiger partial charge in [0, 0.05) is 56.8 Å². The van der Waals surface area contributed by atoms with Crippen LogP contribution < -0.4 is 5.32 Å². The lowest BCUT2D eigenvalue weighted by Crippen LogP contribution is -2.35. The summed E-state index contributed by atoms with van der Waals surface area (Å²) < 4.78 is 0. The summed E-state index contributed by atoms with van der Waals surface area (Å²) in [5, 5.41) is 14.8. The molecule has 3 rings (SSSR count). The van der Waals surface area contributed by atoms with Gasteiger partial charge in [0.25, 0.3) is 5.69 Å². The van der Waals surface area contributed by atoms with E-state index >= 15 is 0 Å². The van der Waals surface area contributed by atoms with Gasteiger partial charge in [0.05, 0.1) is 4.92 Å². The van der Waals surface area contributed by atoms with Crippen LogP contribution in [0.25, 0.3) is 0 Å². The number of nitrogens with one attached hydrogen (secondary N) is 1. The van der Waals surface area contributed by atoms with Crippen molar-refractivity contribution in [2.45, 2.75) is 19.4 Å². The lowest BCUT2D eigenvalue weighted by molar-refractivity contribution is -0.384. The maximum Gasteiger partial charge on any atom is 0.292 e. The number of amides is 1. The number of anilines is 1. The zero-order chi connectivity index (χ0) is 20.6. The molecule has 7 nitrogen and oxygen atoms in total. The Bertz CT molecular complexity index is 844. The van der Waals surface area contributed by atoms with Crippen LogP contribution in [0.15, 0.2) is 48.5 Å². The third-order valence-corrected chi connectivity index (χ3v) is 5.27. The molecule has 0 aromatic heterocycles. The minimum atomic E-state index is -0.422. The van der Waals surface area contributed by atoms with E-state index in [2.05, 4.69) is 10.2 Å². The van der Waals surface area contributed by atoms with Crippen LogP contribution in [0.4, 0.5) is 11.4 Å². The van der Waals surface area contributed by atoms with Crippen LogP contribution >= 0.6 is 11.6 Å². The number of benzene rings is 2. The van der Waals surface area contributed by atoms with Crippen molar-refractivity contribution in [3.8, 4) is 0 Å². The summed E-state index contributed by atoms with van der Waals surface area (Å²) in [5.74, 6) is 0.0735. The van der Waals surface area contributed by atoms with E-state index in [1.165, 1.54) is 11.6 Å². The normalized spacial score (nSPS) is 15.0. The summed E-state index contributed by atoms with van der Waals surface area (Å²) in [5.41, 5.74) is 1.67. The molecule has 1 heterocycles. The molecule has 154 valence electrons. The first-order chi connectivity index (χ1) is 14.0. The van der Waals surface area contributed by atoms with Gasteiger partial charge >= 0.3 is 0 Å². The van der Waals surface area contributed by atoms with Crippen molar-refractivity contribution in [3.05, 3.63) is 69.2 Å². The summed E-state index contributed by atoms with van der Waals surface area (Å²) in [6.45, 7) is 4.42. The topological polar surface area (TPSA) is 78.7 Å². The van der Waals surface area contributed by atoms with E-state index in [1.807, 2.05) is 29.2 Å². The number of rotatable bonds is 7. The number of carbonyl (C=O) groups is 1. The summed E-state index contributed by atoms with van der Waals surface area (Å²) in [6, 6.07) is 14.3. The van der Waals surface area contributed by atoms with E-state index in [1.54, 1.807) is 18.2 Å². The van der Waals surface area contributed by atoms with Crippen molar-refractivity contribution >= 4 is 28.9 Å². The molecule has 1 aliphatic rings. The van der Waals surface area contributed by atoms with Crippen LogP contribution in [-0.4, -0.2) is 53.4 Å². The van der Waals surface area contributed by atoms with Gasteiger partial charge < -0.3 is 10.2 Å². The highest BCUT2D eigenvalue weighted by Gasteiger charge is 2.19. The molecule has 1 aliphatic heterocycles. The van der Waals surface area contributed by atoms with Crippen LogP contribution in [0.3, 0.4) is 0 Å². The Hall–Kier alpha value is -2.64. The number of halogens is 1. The van der Waals surface area contributed by atoms with Crippen molar-refractivity contribution in [2.24, 2.45) is 0 Å². The van der Waals surface area contributed by atoms with Crippen molar-refractivity contribution in [3.63, 3.8) is 0 Å². The fourth-order valence-electron chi connectivity index (χ4n) is 3.47. The van der Waals surface area contributed by atoms with Gasteiger partial charge in [-0.15, -0.1) is 0 Å². The number of hydrogen-bond acceptors (Lipinski definition) is 5. The SMILES string of the molecule is O=C(CCNc1ccccc1[N+](=O)[O-])N1CCCN(Cc2ccc(Cl)cc2)CC1. The second-order valence-corrected chi connectivity index (χ2v) is 7.52. The van der Waals surface area contributed by atoms with Gasteiger partial charge in [0.2, 0.25) is 5.91 Å². The number of para-hydroxylation sites is 2. The highest BCUT2D eigenvalue weighted by atomic mass is 35.5. The number of nitrogens with zero attached hydrogens (tertiary/aromatic N) is 3. The van der Waals surface area contributed by atoms with Gasteiger partial charge in [-0.3, -0.25) is 19.8 Å². The summed E-state index contributed by atoms with van der Waals surface area (Å²) in [7, 11) is 0. The van der Waals surface area contributed by atoms with Crippen LogP contribution in [0.1, 0.15) is 18.4 Å². The van der Waals surface area contributed by atoms with Crippen LogP contribution in [0, 0.1) is 10.1 Å². The Morgan fingerprint density at radius 2 is 1.83 bits per heavy atom. The molecule has 0 saturated carbocycles. The Balaban J connectivity index is 1.46. The van der Waals surface area contributed by atoms with Gasteiger partial charge in [0.1, 0.15) is 5.69 Å². The highest BCUT2D eigenvalue weighted by Crippen LogP contribution is 2.23. The first-order valence-corrected chi connectivity index (χ1v) is 10.1. The van der Waals surface area contributed by atoms with Crippen molar-refractivity contribution in [2.75, 3.05) is 38.0 Å². The minimum Gasteiger partial charge on any atom is -0.379 e. The molecule has 2 aromatic carbocycles. The molecule has 2 aromatic rings. The van der Waals surface area contributed by atoms with Crippen LogP contribution in [-0.2, 0) is 11.3 Å². The van der Waals surface area contributed by atoms with Gasteiger partial charge in [0.15, 0.2) is 0 Å². The molecule has 0 atom stereocenters. The van der Waals surface area contributed by atoms with E-state index in [0.29, 0.717) is 25.2 Å². The third-order valence-electron chi connectivity index (χ3n) is 5.02. The fraction of sp³-hybridized carbons (Fsp3) is 0.381. The number of carbonyl (C=O) groups excluding carboxylic acids is 1. The average Bonchev–Trinajstić information content (AvgIpc) is 2.95. The summed E-state index contributed by atoms with van der Waals surface area (Å²) in [6.07, 6.45) is 1.24. The predicted molar refractivity (Wildman–Crippen MR) is 114 cm³/mol. The smallest absolute Gasteiger partial charge is 0.292 e. The first kappa shape index (κ1) is 21.1. The lowest BCUT2D eigenvalue weighted by Gasteiger charge is -2.22. The molecule has 8 heteroatoms. The van der Waals surface area contributed by atoms with E-state index in [4.69, 9.17) is 11.6 Å². The number of hydrogen-bond donors (Lipinski definition) is 1. The molecule has 1 fully saturated rings. The third kappa shape index (κ3) is 6.17. The molecule has 1 amide bonds. The molecule has 29 heavy (non-hydrogen) atoms. The van der Waals surface area contributed by atoms with E-state index in [0.717, 1.165) is 37.6 Å². The van der Waals surface area contributed by atoms with Crippen molar-refractivity contribution in [1.29, 1.82) is 0 Å². The van der Waals surface area contributed by atoms with Gasteiger partial charge in [-0.2, -0.15) is 0 Å². The largest absolute Gasteiger partial charge is 0.379 e. The van der Waals surface area contributed by atoms with Gasteiger partial charge in [-0.05, 0) is 30.2 Å². The average molecular weight is 417 g/mol. The minimum absolute atomic E-state index is 0.0209. The standard InChI is InChI=1S/C21H25ClN4O3/c22-18-8-6-17(7-9-18)16-24-12-3-13-25(15-14-24)21(27)10-11-23-19-4-1-2-5-20(19)26(28)29/h1-2,4-9,23H,3,10-16H2. The van der Waals surface area contributed by atoms with Crippen LogP contribution in [0.5, 0.6) is 0 Å². The second-order valence-electron chi connectivity index (χ2n) is 7.09. The molecular formula is C21H25ClN4O3. The van der Waals surface area contributed by atoms with Crippen molar-refractivity contribution in [1.82, 2.24) is 9.80 Å². The molecule has 1 saturated heterocycles. The number of nitro benzene ring substituents is 1. The summed E-state index contributed by atoms with van der Waals surface area (Å²) in [4.78, 5) is 27.5. The Morgan fingerprint density at radius 1 is 1.07 bits per heavy atom. The van der Waals surface area contributed by atoms with E-state index in [-0.39, 0.29) is 11.6 Å².